The van der Waals surface area contributed by atoms with Crippen molar-refractivity contribution in [1.29, 1.82) is 0 Å². The Balaban J connectivity index is 1.52. The van der Waals surface area contributed by atoms with E-state index >= 15 is 0 Å². The summed E-state index contributed by atoms with van der Waals surface area (Å²) in [5.41, 5.74) is 0.867. The van der Waals surface area contributed by atoms with E-state index in [-0.39, 0.29) is 10.8 Å². The van der Waals surface area contributed by atoms with Crippen LogP contribution in [0, 0.1) is 0 Å². The van der Waals surface area contributed by atoms with Gasteiger partial charge in [-0.2, -0.15) is 5.10 Å². The smallest absolute Gasteiger partial charge is 0.261 e. The average molecular weight is 384 g/mol. The Morgan fingerprint density at radius 2 is 1.74 bits per heavy atom. The maximum absolute atomic E-state index is 12.3. The minimum atomic E-state index is -3.64. The number of carbonyl (C=O) groups excluding carboxylic acids is 1. The quantitative estimate of drug-likeness (QED) is 0.584. The predicted octanol–water partition coefficient (Wildman–Crippen LogP) is 2.50. The molecular formula is C19H20N4O3S. The Morgan fingerprint density at radius 3 is 2.41 bits per heavy atom. The number of nitrogens with one attached hydrogen (secondary N) is 2. The third-order valence-electron chi connectivity index (χ3n) is 3.86. The summed E-state index contributed by atoms with van der Waals surface area (Å²) < 4.78 is 28.9. The van der Waals surface area contributed by atoms with Crippen molar-refractivity contribution in [1.82, 2.24) is 15.1 Å². The van der Waals surface area contributed by atoms with Gasteiger partial charge in [-0.25, -0.2) is 8.42 Å². The third kappa shape index (κ3) is 5.18. The predicted molar refractivity (Wildman–Crippen MR) is 103 cm³/mol. The van der Waals surface area contributed by atoms with Crippen molar-refractivity contribution in [2.24, 2.45) is 0 Å². The number of hydrogen-bond donors (Lipinski definition) is 2. The first-order chi connectivity index (χ1) is 13.0. The van der Waals surface area contributed by atoms with Gasteiger partial charge < -0.3 is 5.32 Å². The van der Waals surface area contributed by atoms with Crippen LogP contribution in [-0.2, 0) is 16.6 Å². The lowest BCUT2D eigenvalue weighted by atomic mass is 10.2. The second-order valence-corrected chi connectivity index (χ2v) is 7.56. The molecule has 1 heterocycles. The number of aryl methyl sites for hydroxylation is 1. The Kier molecular flexibility index (Phi) is 5.87. The molecule has 0 aliphatic heterocycles. The van der Waals surface area contributed by atoms with Crippen LogP contribution in [0.4, 0.5) is 5.69 Å². The minimum Gasteiger partial charge on any atom is -0.352 e. The van der Waals surface area contributed by atoms with Crippen molar-refractivity contribution in [3.63, 3.8) is 0 Å². The molecule has 0 aliphatic rings. The second kappa shape index (κ2) is 8.50. The summed E-state index contributed by atoms with van der Waals surface area (Å²) in [5.74, 6) is -0.201. The molecule has 0 fully saturated rings. The van der Waals surface area contributed by atoms with E-state index in [1.54, 1.807) is 53.3 Å². The lowest BCUT2D eigenvalue weighted by molar-refractivity contribution is 0.0952. The SMILES string of the molecule is O=C(NCCCn1cccn1)c1ccc(NS(=O)(=O)c2ccccc2)cc1. The molecule has 1 amide bonds. The van der Waals surface area contributed by atoms with Crippen molar-refractivity contribution in [3.05, 3.63) is 78.6 Å². The van der Waals surface area contributed by atoms with Crippen molar-refractivity contribution in [3.8, 4) is 0 Å². The van der Waals surface area contributed by atoms with Crippen LogP contribution in [0.5, 0.6) is 0 Å². The van der Waals surface area contributed by atoms with Crippen LogP contribution in [0.3, 0.4) is 0 Å². The molecule has 0 saturated heterocycles. The zero-order valence-electron chi connectivity index (χ0n) is 14.6. The van der Waals surface area contributed by atoms with Gasteiger partial charge in [0.15, 0.2) is 0 Å². The number of nitrogens with zero attached hydrogens (tertiary/aromatic N) is 2. The first-order valence-electron chi connectivity index (χ1n) is 8.48. The van der Waals surface area contributed by atoms with Gasteiger partial charge in [-0.15, -0.1) is 0 Å². The van der Waals surface area contributed by atoms with Gasteiger partial charge in [0.2, 0.25) is 0 Å². The molecule has 27 heavy (non-hydrogen) atoms. The monoisotopic (exact) mass is 384 g/mol. The van der Waals surface area contributed by atoms with Crippen LogP contribution in [0.15, 0.2) is 78.0 Å². The molecule has 0 radical (unpaired) electrons. The number of anilines is 1. The van der Waals surface area contributed by atoms with Crippen LogP contribution < -0.4 is 10.0 Å². The summed E-state index contributed by atoms with van der Waals surface area (Å²) in [6.07, 6.45) is 4.35. The summed E-state index contributed by atoms with van der Waals surface area (Å²) in [6.45, 7) is 1.26. The van der Waals surface area contributed by atoms with Crippen LogP contribution in [0.1, 0.15) is 16.8 Å². The van der Waals surface area contributed by atoms with Crippen LogP contribution >= 0.6 is 0 Å². The highest BCUT2D eigenvalue weighted by Crippen LogP contribution is 2.16. The van der Waals surface area contributed by atoms with E-state index in [9.17, 15) is 13.2 Å². The van der Waals surface area contributed by atoms with Gasteiger partial charge >= 0.3 is 0 Å². The molecule has 8 heteroatoms. The number of aromatic nitrogens is 2. The number of carbonyl (C=O) groups is 1. The largest absolute Gasteiger partial charge is 0.352 e. The summed E-state index contributed by atoms with van der Waals surface area (Å²) >= 11 is 0. The maximum atomic E-state index is 12.3. The molecule has 0 spiro atoms. The molecular weight excluding hydrogens is 364 g/mol. The van der Waals surface area contributed by atoms with E-state index in [2.05, 4.69) is 15.1 Å². The summed E-state index contributed by atoms with van der Waals surface area (Å²) in [6, 6.07) is 16.3. The van der Waals surface area contributed by atoms with E-state index in [4.69, 9.17) is 0 Å². The molecule has 1 aromatic heterocycles. The summed E-state index contributed by atoms with van der Waals surface area (Å²) in [4.78, 5) is 12.3. The standard InChI is InChI=1S/C19H20N4O3S/c24-19(20-12-4-14-23-15-5-13-21-23)16-8-10-17(11-9-16)22-27(25,26)18-6-2-1-3-7-18/h1-3,5-11,13,15,22H,4,12,14H2,(H,20,24). The van der Waals surface area contributed by atoms with Crippen LogP contribution in [0.25, 0.3) is 0 Å². The fraction of sp³-hybridized carbons (Fsp3) is 0.158. The van der Waals surface area contributed by atoms with Crippen molar-refractivity contribution >= 4 is 21.6 Å². The average Bonchev–Trinajstić information content (AvgIpc) is 3.20. The first kappa shape index (κ1) is 18.7. The molecule has 0 saturated carbocycles. The Hall–Kier alpha value is -3.13. The molecule has 3 rings (SSSR count). The van der Waals surface area contributed by atoms with Crippen molar-refractivity contribution in [2.45, 2.75) is 17.9 Å². The molecule has 3 aromatic rings. The lowest BCUT2D eigenvalue weighted by Crippen LogP contribution is -2.25. The van der Waals surface area contributed by atoms with Gasteiger partial charge in [-0.1, -0.05) is 18.2 Å². The van der Waals surface area contributed by atoms with Crippen LogP contribution in [0.2, 0.25) is 0 Å². The highest BCUT2D eigenvalue weighted by Gasteiger charge is 2.13. The molecule has 2 aromatic carbocycles. The van der Waals surface area contributed by atoms with E-state index in [1.165, 1.54) is 12.1 Å². The topological polar surface area (TPSA) is 93.1 Å². The molecule has 0 bridgehead atoms. The summed E-state index contributed by atoms with van der Waals surface area (Å²) in [5, 5.41) is 6.94. The molecule has 2 N–H and O–H groups in total. The molecule has 7 nitrogen and oxygen atoms in total. The van der Waals surface area contributed by atoms with Gasteiger partial charge in [-0.05, 0) is 48.9 Å². The fourth-order valence-electron chi connectivity index (χ4n) is 2.48. The van der Waals surface area contributed by atoms with E-state index in [0.29, 0.717) is 17.8 Å². The highest BCUT2D eigenvalue weighted by molar-refractivity contribution is 7.92. The minimum absolute atomic E-state index is 0.184. The molecule has 0 unspecified atom stereocenters. The number of rotatable bonds is 8. The fourth-order valence-corrected chi connectivity index (χ4v) is 3.56. The van der Waals surface area contributed by atoms with Crippen molar-refractivity contribution < 1.29 is 13.2 Å². The van der Waals surface area contributed by atoms with E-state index < -0.39 is 10.0 Å². The Bertz CT molecular complexity index is 970. The van der Waals surface area contributed by atoms with Gasteiger partial charge in [-0.3, -0.25) is 14.2 Å². The van der Waals surface area contributed by atoms with E-state index in [0.717, 1.165) is 13.0 Å². The molecule has 0 atom stereocenters. The van der Waals surface area contributed by atoms with Crippen LogP contribution in [-0.4, -0.2) is 30.7 Å². The summed E-state index contributed by atoms with van der Waals surface area (Å²) in [7, 11) is -3.64. The van der Waals surface area contributed by atoms with E-state index in [1.807, 2.05) is 12.3 Å². The maximum Gasteiger partial charge on any atom is 0.261 e. The zero-order valence-corrected chi connectivity index (χ0v) is 15.4. The zero-order chi connectivity index (χ0) is 19.1. The Labute approximate surface area is 158 Å². The van der Waals surface area contributed by atoms with Gasteiger partial charge in [0.05, 0.1) is 4.90 Å². The normalized spacial score (nSPS) is 11.1. The Morgan fingerprint density at radius 1 is 1.00 bits per heavy atom. The lowest BCUT2D eigenvalue weighted by Gasteiger charge is -2.09. The molecule has 140 valence electrons. The molecule has 0 aliphatic carbocycles. The number of sulfonamides is 1. The highest BCUT2D eigenvalue weighted by atomic mass is 32.2. The number of benzene rings is 2. The van der Waals surface area contributed by atoms with Gasteiger partial charge in [0.1, 0.15) is 0 Å². The van der Waals surface area contributed by atoms with Gasteiger partial charge in [0, 0.05) is 36.7 Å². The van der Waals surface area contributed by atoms with Crippen molar-refractivity contribution in [2.75, 3.05) is 11.3 Å². The first-order valence-corrected chi connectivity index (χ1v) is 9.96. The van der Waals surface area contributed by atoms with Gasteiger partial charge in [0.25, 0.3) is 15.9 Å². The second-order valence-electron chi connectivity index (χ2n) is 5.87. The number of amides is 1. The number of hydrogen-bond acceptors (Lipinski definition) is 4. The third-order valence-corrected chi connectivity index (χ3v) is 5.26.